The zero-order chi connectivity index (χ0) is 20.1. The van der Waals surface area contributed by atoms with Crippen LogP contribution in [0.2, 0.25) is 0 Å². The summed E-state index contributed by atoms with van der Waals surface area (Å²) in [4.78, 5) is 29.7. The summed E-state index contributed by atoms with van der Waals surface area (Å²) in [6.45, 7) is 10.3. The number of nitrogens with zero attached hydrogens (tertiary/aromatic N) is 2. The molecule has 4 rings (SSSR count). The van der Waals surface area contributed by atoms with Crippen LogP contribution in [-0.2, 0) is 19.1 Å². The third-order valence-corrected chi connectivity index (χ3v) is 6.66. The van der Waals surface area contributed by atoms with Gasteiger partial charge in [-0.1, -0.05) is 12.1 Å². The van der Waals surface area contributed by atoms with Crippen LogP contribution in [0, 0.1) is 19.8 Å². The van der Waals surface area contributed by atoms with Crippen LogP contribution in [0.5, 0.6) is 0 Å². The van der Waals surface area contributed by atoms with Crippen LogP contribution in [0.1, 0.15) is 37.8 Å². The zero-order valence-electron chi connectivity index (χ0n) is 17.2. The van der Waals surface area contributed by atoms with Crippen LogP contribution < -0.4 is 4.90 Å². The fourth-order valence-electron chi connectivity index (χ4n) is 4.86. The van der Waals surface area contributed by atoms with E-state index >= 15 is 0 Å². The molecular weight excluding hydrogens is 356 g/mol. The monoisotopic (exact) mass is 386 g/mol. The molecule has 0 saturated carbocycles. The normalized spacial score (nSPS) is 33.1. The van der Waals surface area contributed by atoms with E-state index in [0.29, 0.717) is 26.2 Å². The standard InChI is InChI=1S/C22H30N2O4/c1-14-6-5-7-19(16(14)3)24-12-18(10-20(24)25)21(26)23-11-15(2)28-22(13-23)8-9-27-17(22)4/h5-7,15,17-18H,8-13H2,1-4H3/t15-,17-,18+,22-/m0/s1. The summed E-state index contributed by atoms with van der Waals surface area (Å²) in [7, 11) is 0. The van der Waals surface area contributed by atoms with Gasteiger partial charge in [0, 0.05) is 38.2 Å². The molecule has 3 aliphatic heterocycles. The average Bonchev–Trinajstić information content (AvgIpc) is 3.19. The Bertz CT molecular complexity index is 795. The number of morpholine rings is 1. The van der Waals surface area contributed by atoms with Crippen LogP contribution in [0.3, 0.4) is 0 Å². The predicted octanol–water partition coefficient (Wildman–Crippen LogP) is 2.45. The van der Waals surface area contributed by atoms with Crippen LogP contribution in [0.4, 0.5) is 5.69 Å². The highest BCUT2D eigenvalue weighted by Gasteiger charge is 2.50. The van der Waals surface area contributed by atoms with Crippen molar-refractivity contribution >= 4 is 17.5 Å². The van der Waals surface area contributed by atoms with Crippen molar-refractivity contribution in [2.24, 2.45) is 5.92 Å². The molecule has 1 aromatic rings. The average molecular weight is 386 g/mol. The molecule has 3 saturated heterocycles. The minimum absolute atomic E-state index is 0.0257. The topological polar surface area (TPSA) is 59.1 Å². The summed E-state index contributed by atoms with van der Waals surface area (Å²) < 4.78 is 12.0. The second kappa shape index (κ2) is 7.16. The molecule has 28 heavy (non-hydrogen) atoms. The van der Waals surface area contributed by atoms with Crippen LogP contribution in [0.15, 0.2) is 18.2 Å². The Kier molecular flexibility index (Phi) is 4.96. The third-order valence-electron chi connectivity index (χ3n) is 6.66. The Hall–Kier alpha value is -1.92. The van der Waals surface area contributed by atoms with Crippen molar-refractivity contribution in [2.45, 2.75) is 58.3 Å². The van der Waals surface area contributed by atoms with Crippen molar-refractivity contribution in [1.82, 2.24) is 4.90 Å². The minimum Gasteiger partial charge on any atom is -0.375 e. The lowest BCUT2D eigenvalue weighted by Gasteiger charge is -2.45. The van der Waals surface area contributed by atoms with E-state index in [1.807, 2.05) is 50.8 Å². The van der Waals surface area contributed by atoms with E-state index in [4.69, 9.17) is 9.47 Å². The minimum atomic E-state index is -0.414. The molecule has 4 atom stereocenters. The molecule has 0 N–H and O–H groups in total. The van der Waals surface area contributed by atoms with E-state index in [9.17, 15) is 9.59 Å². The maximum atomic E-state index is 13.3. The summed E-state index contributed by atoms with van der Waals surface area (Å²) >= 11 is 0. The third kappa shape index (κ3) is 3.22. The van der Waals surface area contributed by atoms with E-state index in [-0.39, 0.29) is 36.4 Å². The van der Waals surface area contributed by atoms with Gasteiger partial charge in [0.25, 0.3) is 0 Å². The van der Waals surface area contributed by atoms with E-state index < -0.39 is 5.60 Å². The Labute approximate surface area is 166 Å². The smallest absolute Gasteiger partial charge is 0.228 e. The Morgan fingerprint density at radius 1 is 1.21 bits per heavy atom. The molecular formula is C22H30N2O4. The fourth-order valence-corrected chi connectivity index (χ4v) is 4.86. The molecule has 0 bridgehead atoms. The van der Waals surface area contributed by atoms with Gasteiger partial charge in [-0.2, -0.15) is 0 Å². The molecule has 0 unspecified atom stereocenters. The van der Waals surface area contributed by atoms with Crippen molar-refractivity contribution in [2.75, 3.05) is 31.1 Å². The molecule has 3 fully saturated rings. The first-order chi connectivity index (χ1) is 13.3. The molecule has 152 valence electrons. The number of amides is 2. The van der Waals surface area contributed by atoms with Gasteiger partial charge in [-0.05, 0) is 44.9 Å². The summed E-state index contributed by atoms with van der Waals surface area (Å²) in [6, 6.07) is 5.98. The van der Waals surface area contributed by atoms with Crippen molar-refractivity contribution in [1.29, 1.82) is 0 Å². The zero-order valence-corrected chi connectivity index (χ0v) is 17.2. The van der Waals surface area contributed by atoms with Gasteiger partial charge in [0.2, 0.25) is 11.8 Å². The maximum Gasteiger partial charge on any atom is 0.228 e. The molecule has 6 nitrogen and oxygen atoms in total. The van der Waals surface area contributed by atoms with Gasteiger partial charge in [-0.3, -0.25) is 9.59 Å². The SMILES string of the molecule is Cc1cccc(N2C[C@H](C(=O)N3C[C@H](C)O[C@@]4(CCO[C@H]4C)C3)CC2=O)c1C. The molecule has 3 heterocycles. The van der Waals surface area contributed by atoms with E-state index in [1.54, 1.807) is 4.90 Å². The second-order valence-corrected chi connectivity index (χ2v) is 8.60. The molecule has 0 aromatic heterocycles. The lowest BCUT2D eigenvalue weighted by Crippen LogP contribution is -2.60. The first kappa shape index (κ1) is 19.4. The second-order valence-electron chi connectivity index (χ2n) is 8.60. The quantitative estimate of drug-likeness (QED) is 0.783. The van der Waals surface area contributed by atoms with Crippen LogP contribution in [0.25, 0.3) is 0 Å². The fraction of sp³-hybridized carbons (Fsp3) is 0.636. The summed E-state index contributed by atoms with van der Waals surface area (Å²) in [5.41, 5.74) is 2.76. The van der Waals surface area contributed by atoms with Gasteiger partial charge in [-0.15, -0.1) is 0 Å². The number of benzene rings is 1. The predicted molar refractivity (Wildman–Crippen MR) is 106 cm³/mol. The van der Waals surface area contributed by atoms with E-state index in [2.05, 4.69) is 0 Å². The molecule has 1 aromatic carbocycles. The highest BCUT2D eigenvalue weighted by Crippen LogP contribution is 2.36. The highest BCUT2D eigenvalue weighted by atomic mass is 16.6. The maximum absolute atomic E-state index is 13.3. The molecule has 2 amide bonds. The Balaban J connectivity index is 1.51. The van der Waals surface area contributed by atoms with Gasteiger partial charge < -0.3 is 19.3 Å². The summed E-state index contributed by atoms with van der Waals surface area (Å²) in [5, 5.41) is 0. The van der Waals surface area contributed by atoms with Crippen molar-refractivity contribution in [3.8, 4) is 0 Å². The first-order valence-corrected chi connectivity index (χ1v) is 10.3. The largest absolute Gasteiger partial charge is 0.375 e. The molecule has 3 aliphatic rings. The number of aryl methyl sites for hydroxylation is 1. The Morgan fingerprint density at radius 3 is 2.71 bits per heavy atom. The molecule has 1 spiro atoms. The van der Waals surface area contributed by atoms with E-state index in [0.717, 1.165) is 23.2 Å². The molecule has 0 aliphatic carbocycles. The van der Waals surface area contributed by atoms with Crippen molar-refractivity contribution in [3.63, 3.8) is 0 Å². The number of hydrogen-bond acceptors (Lipinski definition) is 4. The van der Waals surface area contributed by atoms with Crippen molar-refractivity contribution in [3.05, 3.63) is 29.3 Å². The number of rotatable bonds is 2. The van der Waals surface area contributed by atoms with E-state index in [1.165, 1.54) is 0 Å². The summed E-state index contributed by atoms with van der Waals surface area (Å²) in [6.07, 6.45) is 1.02. The lowest BCUT2D eigenvalue weighted by atomic mass is 9.92. The van der Waals surface area contributed by atoms with Gasteiger partial charge in [0.1, 0.15) is 5.60 Å². The van der Waals surface area contributed by atoms with Gasteiger partial charge >= 0.3 is 0 Å². The molecule has 6 heteroatoms. The summed E-state index contributed by atoms with van der Waals surface area (Å²) in [5.74, 6) is -0.206. The van der Waals surface area contributed by atoms with Crippen LogP contribution >= 0.6 is 0 Å². The lowest BCUT2D eigenvalue weighted by molar-refractivity contribution is -0.180. The highest BCUT2D eigenvalue weighted by molar-refractivity contribution is 6.01. The van der Waals surface area contributed by atoms with Crippen LogP contribution in [-0.4, -0.2) is 60.8 Å². The number of anilines is 1. The number of hydrogen-bond donors (Lipinski definition) is 0. The Morgan fingerprint density at radius 2 is 2.00 bits per heavy atom. The van der Waals surface area contributed by atoms with Gasteiger partial charge in [0.15, 0.2) is 0 Å². The van der Waals surface area contributed by atoms with Crippen molar-refractivity contribution < 1.29 is 19.1 Å². The number of carbonyl (C=O) groups excluding carboxylic acids is 2. The number of carbonyl (C=O) groups is 2. The van der Waals surface area contributed by atoms with Gasteiger partial charge in [0.05, 0.1) is 24.7 Å². The first-order valence-electron chi connectivity index (χ1n) is 10.3. The van der Waals surface area contributed by atoms with Gasteiger partial charge in [-0.25, -0.2) is 0 Å². The molecule has 0 radical (unpaired) electrons. The number of ether oxygens (including phenoxy) is 2.